The minimum absolute atomic E-state index is 0.151. The molecule has 0 atom stereocenters. The van der Waals surface area contributed by atoms with Gasteiger partial charge in [0, 0.05) is 23.8 Å². The van der Waals surface area contributed by atoms with E-state index in [1.54, 1.807) is 71.7 Å². The molecule has 2 aromatic carbocycles. The molecule has 0 bridgehead atoms. The summed E-state index contributed by atoms with van der Waals surface area (Å²) in [5.74, 6) is 1.75. The smallest absolute Gasteiger partial charge is 0.261 e. The number of sulfonamides is 1. The molecule has 0 amide bonds. The Hall–Kier alpha value is -3.92. The third kappa shape index (κ3) is 4.39. The van der Waals surface area contributed by atoms with Crippen LogP contribution in [0.5, 0.6) is 5.75 Å². The molecule has 0 radical (unpaired) electrons. The molecule has 0 fully saturated rings. The van der Waals surface area contributed by atoms with E-state index in [0.717, 1.165) is 5.69 Å². The quantitative estimate of drug-likeness (QED) is 0.470. The van der Waals surface area contributed by atoms with Crippen molar-refractivity contribution in [2.75, 3.05) is 17.1 Å². The molecule has 4 aromatic rings. The molecular formula is C20H18N6O3S. The van der Waals surface area contributed by atoms with Gasteiger partial charge in [-0.2, -0.15) is 5.10 Å². The largest absolute Gasteiger partial charge is 0.497 e. The van der Waals surface area contributed by atoms with Gasteiger partial charge >= 0.3 is 0 Å². The Morgan fingerprint density at radius 2 is 1.63 bits per heavy atom. The van der Waals surface area contributed by atoms with E-state index in [1.165, 1.54) is 19.2 Å². The summed E-state index contributed by atoms with van der Waals surface area (Å²) in [4.78, 5) is 0.151. The van der Waals surface area contributed by atoms with Gasteiger partial charge in [-0.05, 0) is 66.7 Å². The van der Waals surface area contributed by atoms with Crippen molar-refractivity contribution >= 4 is 27.2 Å². The number of anilines is 3. The van der Waals surface area contributed by atoms with Crippen molar-refractivity contribution < 1.29 is 13.2 Å². The zero-order valence-electron chi connectivity index (χ0n) is 15.9. The van der Waals surface area contributed by atoms with E-state index in [4.69, 9.17) is 4.74 Å². The SMILES string of the molecule is COc1ccc(S(=O)(=O)Nc2ccc(Nc3ccc(-n4cccn4)nn3)cc2)cc1. The van der Waals surface area contributed by atoms with Gasteiger partial charge < -0.3 is 10.1 Å². The molecule has 2 heterocycles. The van der Waals surface area contributed by atoms with Crippen LogP contribution in [-0.2, 0) is 10.0 Å². The van der Waals surface area contributed by atoms with E-state index in [2.05, 4.69) is 25.3 Å². The van der Waals surface area contributed by atoms with Crippen LogP contribution in [0.25, 0.3) is 5.82 Å². The highest BCUT2D eigenvalue weighted by atomic mass is 32.2. The maximum Gasteiger partial charge on any atom is 0.261 e. The highest BCUT2D eigenvalue weighted by Crippen LogP contribution is 2.21. The molecule has 0 aliphatic carbocycles. The number of benzene rings is 2. The first-order chi connectivity index (χ1) is 14.5. The molecule has 0 saturated heterocycles. The number of rotatable bonds is 7. The molecule has 0 aliphatic heterocycles. The topological polar surface area (TPSA) is 111 Å². The summed E-state index contributed by atoms with van der Waals surface area (Å²) in [7, 11) is -2.17. The Labute approximate surface area is 173 Å². The lowest BCUT2D eigenvalue weighted by molar-refractivity contribution is 0.414. The van der Waals surface area contributed by atoms with Crippen LogP contribution >= 0.6 is 0 Å². The van der Waals surface area contributed by atoms with Gasteiger partial charge in [0.2, 0.25) is 0 Å². The highest BCUT2D eigenvalue weighted by Gasteiger charge is 2.14. The fourth-order valence-corrected chi connectivity index (χ4v) is 3.72. The molecule has 2 aromatic heterocycles. The fourth-order valence-electron chi connectivity index (χ4n) is 2.66. The van der Waals surface area contributed by atoms with E-state index in [-0.39, 0.29) is 4.90 Å². The summed E-state index contributed by atoms with van der Waals surface area (Å²) in [6, 6.07) is 18.4. The van der Waals surface area contributed by atoms with Crippen molar-refractivity contribution in [1.29, 1.82) is 0 Å². The second-order valence-electron chi connectivity index (χ2n) is 6.21. The molecule has 9 nitrogen and oxygen atoms in total. The zero-order chi connectivity index (χ0) is 21.0. The number of methoxy groups -OCH3 is 1. The molecule has 0 spiro atoms. The second kappa shape index (κ2) is 8.21. The van der Waals surface area contributed by atoms with Gasteiger partial charge in [-0.15, -0.1) is 10.2 Å². The van der Waals surface area contributed by atoms with Crippen LogP contribution < -0.4 is 14.8 Å². The monoisotopic (exact) mass is 422 g/mol. The number of hydrogen-bond donors (Lipinski definition) is 2. The standard InChI is InChI=1S/C20H18N6O3S/c1-29-17-7-9-18(10-8-17)30(27,28)25-16-5-3-15(4-6-16)22-19-11-12-20(24-23-19)26-14-2-13-21-26/h2-14,25H,1H3,(H,22,23). The van der Waals surface area contributed by atoms with Crippen LogP contribution in [0.15, 0.2) is 84.0 Å². The molecule has 4 rings (SSSR count). The van der Waals surface area contributed by atoms with Crippen molar-refractivity contribution in [3.05, 3.63) is 79.1 Å². The lowest BCUT2D eigenvalue weighted by atomic mass is 10.3. The number of hydrogen-bond acceptors (Lipinski definition) is 7. The molecule has 10 heteroatoms. The van der Waals surface area contributed by atoms with Crippen LogP contribution in [0.1, 0.15) is 0 Å². The van der Waals surface area contributed by atoms with Gasteiger partial charge in [-0.3, -0.25) is 4.72 Å². The molecule has 30 heavy (non-hydrogen) atoms. The first-order valence-electron chi connectivity index (χ1n) is 8.91. The minimum atomic E-state index is -3.69. The van der Waals surface area contributed by atoms with Gasteiger partial charge in [0.15, 0.2) is 11.6 Å². The third-order valence-corrected chi connectivity index (χ3v) is 5.57. The summed E-state index contributed by atoms with van der Waals surface area (Å²) in [5.41, 5.74) is 1.18. The highest BCUT2D eigenvalue weighted by molar-refractivity contribution is 7.92. The molecule has 2 N–H and O–H groups in total. The molecule has 0 saturated carbocycles. The number of nitrogens with one attached hydrogen (secondary N) is 2. The summed E-state index contributed by atoms with van der Waals surface area (Å²) >= 11 is 0. The zero-order valence-corrected chi connectivity index (χ0v) is 16.7. The van der Waals surface area contributed by atoms with E-state index >= 15 is 0 Å². The molecular weight excluding hydrogens is 404 g/mol. The van der Waals surface area contributed by atoms with Crippen LogP contribution in [0.4, 0.5) is 17.2 Å². The summed E-state index contributed by atoms with van der Waals surface area (Å²) < 4.78 is 34.2. The molecule has 152 valence electrons. The van der Waals surface area contributed by atoms with Gasteiger partial charge in [0.05, 0.1) is 12.0 Å². The third-order valence-electron chi connectivity index (χ3n) is 4.17. The van der Waals surface area contributed by atoms with Crippen molar-refractivity contribution in [3.8, 4) is 11.6 Å². The number of ether oxygens (including phenoxy) is 1. The normalized spacial score (nSPS) is 11.1. The predicted molar refractivity (Wildman–Crippen MR) is 113 cm³/mol. The Morgan fingerprint density at radius 3 is 2.23 bits per heavy atom. The van der Waals surface area contributed by atoms with E-state index in [0.29, 0.717) is 23.1 Å². The second-order valence-corrected chi connectivity index (χ2v) is 7.89. The van der Waals surface area contributed by atoms with E-state index < -0.39 is 10.0 Å². The lowest BCUT2D eigenvalue weighted by Gasteiger charge is -2.10. The predicted octanol–water partition coefficient (Wildman–Crippen LogP) is 3.22. The Balaban J connectivity index is 1.42. The van der Waals surface area contributed by atoms with Crippen molar-refractivity contribution in [2.45, 2.75) is 4.90 Å². The van der Waals surface area contributed by atoms with Gasteiger partial charge in [0.25, 0.3) is 10.0 Å². The van der Waals surface area contributed by atoms with Gasteiger partial charge in [0.1, 0.15) is 5.75 Å². The van der Waals surface area contributed by atoms with Gasteiger partial charge in [-0.25, -0.2) is 13.1 Å². The Morgan fingerprint density at radius 1 is 0.900 bits per heavy atom. The fraction of sp³-hybridized carbons (Fsp3) is 0.0500. The summed E-state index contributed by atoms with van der Waals surface area (Å²) in [5, 5.41) is 15.5. The van der Waals surface area contributed by atoms with E-state index in [1.807, 2.05) is 0 Å². The van der Waals surface area contributed by atoms with Crippen molar-refractivity contribution in [1.82, 2.24) is 20.0 Å². The molecule has 0 aliphatic rings. The first-order valence-corrected chi connectivity index (χ1v) is 10.4. The average molecular weight is 422 g/mol. The van der Waals surface area contributed by atoms with Crippen LogP contribution in [-0.4, -0.2) is 35.5 Å². The van der Waals surface area contributed by atoms with Crippen LogP contribution in [0.3, 0.4) is 0 Å². The Bertz CT molecular complexity index is 1210. The Kier molecular flexibility index (Phi) is 5.31. The summed E-state index contributed by atoms with van der Waals surface area (Å²) in [6.07, 6.45) is 3.45. The molecule has 0 unspecified atom stereocenters. The lowest BCUT2D eigenvalue weighted by Crippen LogP contribution is -2.12. The maximum atomic E-state index is 12.5. The van der Waals surface area contributed by atoms with Gasteiger partial charge in [-0.1, -0.05) is 0 Å². The van der Waals surface area contributed by atoms with Crippen molar-refractivity contribution in [2.24, 2.45) is 0 Å². The maximum absolute atomic E-state index is 12.5. The minimum Gasteiger partial charge on any atom is -0.497 e. The van der Waals surface area contributed by atoms with Crippen LogP contribution in [0.2, 0.25) is 0 Å². The summed E-state index contributed by atoms with van der Waals surface area (Å²) in [6.45, 7) is 0. The average Bonchev–Trinajstić information content (AvgIpc) is 3.30. The number of nitrogens with zero attached hydrogens (tertiary/aromatic N) is 4. The van der Waals surface area contributed by atoms with Crippen molar-refractivity contribution in [3.63, 3.8) is 0 Å². The first kappa shape index (κ1) is 19.4. The van der Waals surface area contributed by atoms with E-state index in [9.17, 15) is 8.42 Å². The number of aromatic nitrogens is 4. The van der Waals surface area contributed by atoms with Crippen LogP contribution in [0, 0.1) is 0 Å².